The Morgan fingerprint density at radius 3 is 2.65 bits per heavy atom. The van der Waals surface area contributed by atoms with E-state index in [1.807, 2.05) is 31.2 Å². The zero-order valence-corrected chi connectivity index (χ0v) is 14.3. The van der Waals surface area contributed by atoms with Gasteiger partial charge in [-0.3, -0.25) is 4.79 Å². The molecule has 1 unspecified atom stereocenters. The van der Waals surface area contributed by atoms with Gasteiger partial charge in [-0.25, -0.2) is 9.18 Å². The monoisotopic (exact) mass is 351 g/mol. The Morgan fingerprint density at radius 1 is 1.15 bits per heavy atom. The number of nitrogens with one attached hydrogen (secondary N) is 2. The Hall–Kier alpha value is -3.15. The first-order valence-corrected chi connectivity index (χ1v) is 8.42. The van der Waals surface area contributed by atoms with Crippen molar-refractivity contribution in [1.29, 1.82) is 0 Å². The van der Waals surface area contributed by atoms with Crippen molar-refractivity contribution in [2.24, 2.45) is 0 Å². The summed E-state index contributed by atoms with van der Waals surface area (Å²) < 4.78 is 13.1. The van der Waals surface area contributed by atoms with Crippen molar-refractivity contribution in [2.75, 3.05) is 6.54 Å². The zero-order valence-electron chi connectivity index (χ0n) is 14.3. The van der Waals surface area contributed by atoms with Gasteiger partial charge in [0.05, 0.1) is 23.9 Å². The van der Waals surface area contributed by atoms with Crippen LogP contribution in [0.25, 0.3) is 0 Å². The Balaban J connectivity index is 1.62. The van der Waals surface area contributed by atoms with Crippen LogP contribution in [0.4, 0.5) is 9.18 Å². The van der Waals surface area contributed by atoms with Crippen molar-refractivity contribution in [1.82, 2.24) is 15.5 Å². The molecule has 0 radical (unpaired) electrons. The predicted molar refractivity (Wildman–Crippen MR) is 94.4 cm³/mol. The summed E-state index contributed by atoms with van der Waals surface area (Å²) in [6.45, 7) is 2.67. The lowest BCUT2D eigenvalue weighted by atomic mass is 9.95. The normalized spacial score (nSPS) is 19.3. The number of carbonyl (C=O) groups excluding carboxylic acids is 2. The van der Waals surface area contributed by atoms with Crippen molar-refractivity contribution in [3.05, 3.63) is 82.3 Å². The first-order chi connectivity index (χ1) is 12.5. The summed E-state index contributed by atoms with van der Waals surface area (Å²) in [7, 11) is 0. The Labute approximate surface area is 150 Å². The van der Waals surface area contributed by atoms with Crippen LogP contribution in [-0.2, 0) is 11.3 Å². The highest BCUT2D eigenvalue weighted by Crippen LogP contribution is 2.33. The van der Waals surface area contributed by atoms with E-state index in [9.17, 15) is 14.0 Å². The summed E-state index contributed by atoms with van der Waals surface area (Å²) in [6, 6.07) is 13.1. The fourth-order valence-electron chi connectivity index (χ4n) is 3.47. The van der Waals surface area contributed by atoms with Crippen LogP contribution < -0.4 is 10.6 Å². The summed E-state index contributed by atoms with van der Waals surface area (Å²) in [5.41, 5.74) is 3.98. The molecule has 132 valence electrons. The molecule has 2 aliphatic heterocycles. The summed E-state index contributed by atoms with van der Waals surface area (Å²) in [5.74, 6) is -0.432. The minimum absolute atomic E-state index is 0.122. The molecule has 0 aliphatic carbocycles. The summed E-state index contributed by atoms with van der Waals surface area (Å²) in [6.07, 6.45) is 0. The smallest absolute Gasteiger partial charge is 0.319 e. The molecule has 2 aromatic rings. The van der Waals surface area contributed by atoms with Gasteiger partial charge in [-0.1, -0.05) is 42.0 Å². The van der Waals surface area contributed by atoms with Crippen molar-refractivity contribution < 1.29 is 14.0 Å². The molecule has 2 N–H and O–H groups in total. The fourth-order valence-corrected chi connectivity index (χ4v) is 3.47. The Bertz CT molecular complexity index is 921. The van der Waals surface area contributed by atoms with Crippen LogP contribution in [0.3, 0.4) is 0 Å². The molecule has 6 heteroatoms. The van der Waals surface area contributed by atoms with Crippen molar-refractivity contribution >= 4 is 11.9 Å². The first kappa shape index (κ1) is 16.3. The highest BCUT2D eigenvalue weighted by molar-refractivity contribution is 6.01. The lowest BCUT2D eigenvalue weighted by Crippen LogP contribution is -2.44. The standard InChI is InChI=1S/C20H18FN3O2/c1-12-3-2-4-14(9-12)18-17-16(22-20(26)23-18)11-24(19(17)25)10-13-5-7-15(21)8-6-13/h2-9,18H,10-11H2,1H3,(H2,22,23,26). The lowest BCUT2D eigenvalue weighted by Gasteiger charge is -2.25. The van der Waals surface area contributed by atoms with Gasteiger partial charge in [0.1, 0.15) is 5.82 Å². The highest BCUT2D eigenvalue weighted by atomic mass is 19.1. The highest BCUT2D eigenvalue weighted by Gasteiger charge is 2.40. The van der Waals surface area contributed by atoms with E-state index in [2.05, 4.69) is 10.6 Å². The van der Waals surface area contributed by atoms with Crippen LogP contribution in [0.1, 0.15) is 22.7 Å². The third kappa shape index (κ3) is 2.94. The molecule has 3 amide bonds. The number of halogens is 1. The van der Waals surface area contributed by atoms with E-state index < -0.39 is 6.04 Å². The molecule has 0 aromatic heterocycles. The molecule has 5 nitrogen and oxygen atoms in total. The largest absolute Gasteiger partial charge is 0.329 e. The van der Waals surface area contributed by atoms with E-state index in [0.717, 1.165) is 16.7 Å². The van der Waals surface area contributed by atoms with E-state index in [-0.39, 0.29) is 17.8 Å². The van der Waals surface area contributed by atoms with E-state index in [0.29, 0.717) is 24.4 Å². The van der Waals surface area contributed by atoms with Gasteiger partial charge < -0.3 is 15.5 Å². The van der Waals surface area contributed by atoms with Crippen LogP contribution in [0, 0.1) is 12.7 Å². The molecular weight excluding hydrogens is 333 g/mol. The number of urea groups is 1. The fraction of sp³-hybridized carbons (Fsp3) is 0.200. The Kier molecular flexibility index (Phi) is 3.95. The molecule has 0 saturated heterocycles. The minimum Gasteiger partial charge on any atom is -0.329 e. The van der Waals surface area contributed by atoms with Crippen LogP contribution in [0.2, 0.25) is 0 Å². The average molecular weight is 351 g/mol. The molecule has 0 saturated carbocycles. The van der Waals surface area contributed by atoms with Crippen molar-refractivity contribution in [3.63, 3.8) is 0 Å². The van der Waals surface area contributed by atoms with Crippen LogP contribution in [-0.4, -0.2) is 23.4 Å². The number of carbonyl (C=O) groups is 2. The van der Waals surface area contributed by atoms with Gasteiger partial charge in [0.2, 0.25) is 0 Å². The number of rotatable bonds is 3. The van der Waals surface area contributed by atoms with Crippen LogP contribution >= 0.6 is 0 Å². The van der Waals surface area contributed by atoms with E-state index in [4.69, 9.17) is 0 Å². The molecule has 2 aliphatic rings. The second kappa shape index (κ2) is 6.29. The summed E-state index contributed by atoms with van der Waals surface area (Å²) in [4.78, 5) is 26.7. The Morgan fingerprint density at radius 2 is 1.92 bits per heavy atom. The van der Waals surface area contributed by atoms with Gasteiger partial charge in [-0.15, -0.1) is 0 Å². The number of amides is 3. The van der Waals surface area contributed by atoms with Crippen molar-refractivity contribution in [3.8, 4) is 0 Å². The van der Waals surface area contributed by atoms with E-state index >= 15 is 0 Å². The van der Waals surface area contributed by atoms with Crippen LogP contribution in [0.5, 0.6) is 0 Å². The lowest BCUT2D eigenvalue weighted by molar-refractivity contribution is -0.126. The number of aryl methyl sites for hydroxylation is 1. The SMILES string of the molecule is Cc1cccc(C2NC(=O)NC3=C2C(=O)N(Cc2ccc(F)cc2)C3)c1. The first-order valence-electron chi connectivity index (χ1n) is 8.42. The maximum absolute atomic E-state index is 13.1. The molecule has 2 aromatic carbocycles. The third-order valence-corrected chi connectivity index (χ3v) is 4.68. The number of hydrogen-bond acceptors (Lipinski definition) is 2. The predicted octanol–water partition coefficient (Wildman–Crippen LogP) is 2.78. The van der Waals surface area contributed by atoms with Gasteiger partial charge in [-0.05, 0) is 30.2 Å². The molecule has 4 rings (SSSR count). The number of nitrogens with zero attached hydrogens (tertiary/aromatic N) is 1. The molecule has 0 fully saturated rings. The maximum atomic E-state index is 13.1. The van der Waals surface area contributed by atoms with Crippen molar-refractivity contribution in [2.45, 2.75) is 19.5 Å². The summed E-state index contributed by atoms with van der Waals surface area (Å²) in [5, 5.41) is 5.60. The van der Waals surface area contributed by atoms with Gasteiger partial charge in [0.15, 0.2) is 0 Å². The second-order valence-electron chi connectivity index (χ2n) is 6.63. The molecule has 1 atom stereocenters. The van der Waals surface area contributed by atoms with Gasteiger partial charge >= 0.3 is 6.03 Å². The van der Waals surface area contributed by atoms with Gasteiger partial charge in [0.25, 0.3) is 5.91 Å². The molecule has 26 heavy (non-hydrogen) atoms. The summed E-state index contributed by atoms with van der Waals surface area (Å²) >= 11 is 0. The second-order valence-corrected chi connectivity index (χ2v) is 6.63. The molecule has 0 spiro atoms. The van der Waals surface area contributed by atoms with Gasteiger partial charge in [-0.2, -0.15) is 0 Å². The molecule has 0 bridgehead atoms. The van der Waals surface area contributed by atoms with E-state index in [1.54, 1.807) is 17.0 Å². The minimum atomic E-state index is -0.468. The average Bonchev–Trinajstić information content (AvgIpc) is 2.92. The molecular formula is C20H18FN3O2. The van der Waals surface area contributed by atoms with E-state index in [1.165, 1.54) is 12.1 Å². The molecule has 2 heterocycles. The van der Waals surface area contributed by atoms with Crippen LogP contribution in [0.15, 0.2) is 59.8 Å². The topological polar surface area (TPSA) is 61.4 Å². The third-order valence-electron chi connectivity index (χ3n) is 4.68. The maximum Gasteiger partial charge on any atom is 0.319 e. The number of hydrogen-bond donors (Lipinski definition) is 2. The number of benzene rings is 2. The zero-order chi connectivity index (χ0) is 18.3. The quantitative estimate of drug-likeness (QED) is 0.893. The van der Waals surface area contributed by atoms with Gasteiger partial charge in [0, 0.05) is 6.54 Å².